The third kappa shape index (κ3) is 2.31. The van der Waals surface area contributed by atoms with Crippen molar-refractivity contribution in [2.24, 2.45) is 11.1 Å². The normalized spacial score (nSPS) is 26.1. The van der Waals surface area contributed by atoms with Gasteiger partial charge in [0.1, 0.15) is 5.82 Å². The minimum Gasteiger partial charge on any atom is -0.388 e. The summed E-state index contributed by atoms with van der Waals surface area (Å²) in [5.74, 6) is -0.533. The summed E-state index contributed by atoms with van der Waals surface area (Å²) < 4.78 is 18.6. The number of halogens is 2. The molecule has 1 aromatic carbocycles. The maximum Gasteiger partial charge on any atom is 0.142 e. The van der Waals surface area contributed by atoms with E-state index in [0.717, 1.165) is 0 Å². The van der Waals surface area contributed by atoms with Crippen molar-refractivity contribution >= 4 is 11.6 Å². The Kier molecular flexibility index (Phi) is 3.68. The fraction of sp³-hybridized carbons (Fsp3) is 0.500. The Labute approximate surface area is 104 Å². The van der Waals surface area contributed by atoms with Gasteiger partial charge in [-0.2, -0.15) is 0 Å². The van der Waals surface area contributed by atoms with Gasteiger partial charge in [-0.05, 0) is 24.1 Å². The van der Waals surface area contributed by atoms with Crippen molar-refractivity contribution in [1.29, 1.82) is 0 Å². The first-order valence-corrected chi connectivity index (χ1v) is 5.88. The summed E-state index contributed by atoms with van der Waals surface area (Å²) in [5.41, 5.74) is 5.69. The Balaban J connectivity index is 2.29. The fourth-order valence-electron chi connectivity index (χ4n) is 2.15. The molecule has 3 nitrogen and oxygen atoms in total. The molecule has 2 rings (SSSR count). The Hall–Kier alpha value is -0.680. The van der Waals surface area contributed by atoms with Crippen molar-refractivity contribution < 1.29 is 14.2 Å². The first kappa shape index (κ1) is 12.8. The highest BCUT2D eigenvalue weighted by molar-refractivity contribution is 6.30. The predicted octanol–water partition coefficient (Wildman–Crippen LogP) is 1.88. The van der Waals surface area contributed by atoms with Crippen molar-refractivity contribution in [3.63, 3.8) is 0 Å². The van der Waals surface area contributed by atoms with Crippen LogP contribution in [0.15, 0.2) is 18.2 Å². The van der Waals surface area contributed by atoms with E-state index in [9.17, 15) is 9.50 Å². The number of benzene rings is 1. The van der Waals surface area contributed by atoms with Crippen LogP contribution in [0.3, 0.4) is 0 Å². The highest BCUT2D eigenvalue weighted by Gasteiger charge is 2.41. The average molecular weight is 260 g/mol. The van der Waals surface area contributed by atoms with E-state index in [1.54, 1.807) is 6.07 Å². The molecule has 0 radical (unpaired) electrons. The number of nitrogens with two attached hydrogens (primary N) is 1. The van der Waals surface area contributed by atoms with Crippen molar-refractivity contribution in [3.05, 3.63) is 34.6 Å². The number of hydrogen-bond donors (Lipinski definition) is 2. The second kappa shape index (κ2) is 4.90. The molecular formula is C12H15ClFNO2. The standard InChI is InChI=1S/C12H15ClFNO2/c13-9-2-1-8(5-10(9)14)11(16)12(6-15)3-4-17-7-12/h1-2,5,11,16H,3-4,6-7,15H2. The highest BCUT2D eigenvalue weighted by Crippen LogP contribution is 2.40. The predicted molar refractivity (Wildman–Crippen MR) is 63.3 cm³/mol. The molecule has 0 amide bonds. The van der Waals surface area contributed by atoms with Crippen LogP contribution in [0.5, 0.6) is 0 Å². The van der Waals surface area contributed by atoms with Gasteiger partial charge in [0.25, 0.3) is 0 Å². The Bertz CT molecular complexity index is 407. The third-order valence-electron chi connectivity index (χ3n) is 3.38. The first-order valence-electron chi connectivity index (χ1n) is 5.50. The summed E-state index contributed by atoms with van der Waals surface area (Å²) in [5, 5.41) is 10.4. The summed E-state index contributed by atoms with van der Waals surface area (Å²) >= 11 is 5.61. The molecule has 1 aliphatic heterocycles. The van der Waals surface area contributed by atoms with Crippen molar-refractivity contribution in [3.8, 4) is 0 Å². The van der Waals surface area contributed by atoms with Crippen LogP contribution >= 0.6 is 11.6 Å². The maximum atomic E-state index is 13.3. The van der Waals surface area contributed by atoms with Gasteiger partial charge in [-0.15, -0.1) is 0 Å². The summed E-state index contributed by atoms with van der Waals surface area (Å²) in [7, 11) is 0. The zero-order chi connectivity index (χ0) is 12.5. The largest absolute Gasteiger partial charge is 0.388 e. The van der Waals surface area contributed by atoms with E-state index in [1.807, 2.05) is 0 Å². The molecular weight excluding hydrogens is 245 g/mol. The SMILES string of the molecule is NCC1(C(O)c2ccc(Cl)c(F)c2)CCOC1. The summed E-state index contributed by atoms with van der Waals surface area (Å²) in [6.07, 6.45) is -0.156. The second-order valence-electron chi connectivity index (χ2n) is 4.45. The molecule has 2 unspecified atom stereocenters. The molecule has 5 heteroatoms. The van der Waals surface area contributed by atoms with Crippen LogP contribution < -0.4 is 5.73 Å². The third-order valence-corrected chi connectivity index (χ3v) is 3.69. The molecule has 2 atom stereocenters. The van der Waals surface area contributed by atoms with E-state index in [2.05, 4.69) is 0 Å². The first-order chi connectivity index (χ1) is 8.09. The van der Waals surface area contributed by atoms with E-state index in [-0.39, 0.29) is 5.02 Å². The molecule has 0 saturated carbocycles. The summed E-state index contributed by atoms with van der Waals surface area (Å²) in [6.45, 7) is 1.28. The smallest absolute Gasteiger partial charge is 0.142 e. The fourth-order valence-corrected chi connectivity index (χ4v) is 2.26. The van der Waals surface area contributed by atoms with Gasteiger partial charge in [0.15, 0.2) is 0 Å². The average Bonchev–Trinajstić information content (AvgIpc) is 2.81. The molecule has 3 N–H and O–H groups in total. The van der Waals surface area contributed by atoms with E-state index < -0.39 is 17.3 Å². The van der Waals surface area contributed by atoms with E-state index in [1.165, 1.54) is 12.1 Å². The Morgan fingerprint density at radius 3 is 2.88 bits per heavy atom. The van der Waals surface area contributed by atoms with E-state index in [0.29, 0.717) is 31.7 Å². The summed E-state index contributed by atoms with van der Waals surface area (Å²) in [4.78, 5) is 0. The van der Waals surface area contributed by atoms with Gasteiger partial charge in [0.05, 0.1) is 17.7 Å². The van der Waals surface area contributed by atoms with Crippen LogP contribution in [-0.4, -0.2) is 24.9 Å². The minimum atomic E-state index is -0.832. The number of rotatable bonds is 3. The lowest BCUT2D eigenvalue weighted by molar-refractivity contribution is 0.0189. The lowest BCUT2D eigenvalue weighted by atomic mass is 9.78. The van der Waals surface area contributed by atoms with Crippen LogP contribution in [-0.2, 0) is 4.74 Å². The van der Waals surface area contributed by atoms with Gasteiger partial charge in [-0.25, -0.2) is 4.39 Å². The lowest BCUT2D eigenvalue weighted by Crippen LogP contribution is -2.37. The molecule has 1 aliphatic rings. The molecule has 1 saturated heterocycles. The molecule has 0 bridgehead atoms. The monoisotopic (exact) mass is 259 g/mol. The Morgan fingerprint density at radius 1 is 1.59 bits per heavy atom. The maximum absolute atomic E-state index is 13.3. The van der Waals surface area contributed by atoms with Gasteiger partial charge in [-0.3, -0.25) is 0 Å². The van der Waals surface area contributed by atoms with Crippen LogP contribution in [0, 0.1) is 11.2 Å². The van der Waals surface area contributed by atoms with Crippen LogP contribution in [0.25, 0.3) is 0 Å². The van der Waals surface area contributed by atoms with Crippen LogP contribution in [0.4, 0.5) is 4.39 Å². The number of aliphatic hydroxyl groups excluding tert-OH is 1. The quantitative estimate of drug-likeness (QED) is 0.871. The molecule has 0 aromatic heterocycles. The van der Waals surface area contributed by atoms with Gasteiger partial charge < -0.3 is 15.6 Å². The van der Waals surface area contributed by atoms with Crippen LogP contribution in [0.2, 0.25) is 5.02 Å². The second-order valence-corrected chi connectivity index (χ2v) is 4.85. The molecule has 94 valence electrons. The summed E-state index contributed by atoms with van der Waals surface area (Å²) in [6, 6.07) is 4.31. The van der Waals surface area contributed by atoms with E-state index in [4.69, 9.17) is 22.1 Å². The molecule has 1 fully saturated rings. The van der Waals surface area contributed by atoms with Crippen LogP contribution in [0.1, 0.15) is 18.1 Å². The molecule has 17 heavy (non-hydrogen) atoms. The number of ether oxygens (including phenoxy) is 1. The Morgan fingerprint density at radius 2 is 2.35 bits per heavy atom. The topological polar surface area (TPSA) is 55.5 Å². The van der Waals surface area contributed by atoms with Crippen molar-refractivity contribution in [2.75, 3.05) is 19.8 Å². The van der Waals surface area contributed by atoms with Gasteiger partial charge in [0, 0.05) is 18.6 Å². The van der Waals surface area contributed by atoms with Crippen molar-refractivity contribution in [1.82, 2.24) is 0 Å². The zero-order valence-electron chi connectivity index (χ0n) is 9.33. The molecule has 0 spiro atoms. The van der Waals surface area contributed by atoms with E-state index >= 15 is 0 Å². The molecule has 1 heterocycles. The van der Waals surface area contributed by atoms with Gasteiger partial charge in [0.2, 0.25) is 0 Å². The molecule has 0 aliphatic carbocycles. The lowest BCUT2D eigenvalue weighted by Gasteiger charge is -2.31. The zero-order valence-corrected chi connectivity index (χ0v) is 10.1. The number of hydrogen-bond acceptors (Lipinski definition) is 3. The number of aliphatic hydroxyl groups is 1. The highest BCUT2D eigenvalue weighted by atomic mass is 35.5. The van der Waals surface area contributed by atoms with Gasteiger partial charge >= 0.3 is 0 Å². The minimum absolute atomic E-state index is 0.0467. The van der Waals surface area contributed by atoms with Crippen molar-refractivity contribution in [2.45, 2.75) is 12.5 Å². The molecule has 1 aromatic rings. The van der Waals surface area contributed by atoms with Gasteiger partial charge in [-0.1, -0.05) is 17.7 Å².